The van der Waals surface area contributed by atoms with Gasteiger partial charge in [0, 0.05) is 6.21 Å². The van der Waals surface area contributed by atoms with E-state index in [1.807, 2.05) is 54.6 Å². The molecule has 2 aromatic rings. The Labute approximate surface area is 112 Å². The maximum atomic E-state index is 8.34. The highest BCUT2D eigenvalue weighted by Crippen LogP contribution is 2.25. The highest BCUT2D eigenvalue weighted by molar-refractivity contribution is 5.57. The van der Waals surface area contributed by atoms with Gasteiger partial charge in [-0.15, -0.1) is 0 Å². The second kappa shape index (κ2) is 7.18. The number of aryl methyl sites for hydroxylation is 1. The number of para-hydroxylation sites is 2. The van der Waals surface area contributed by atoms with E-state index in [9.17, 15) is 0 Å². The van der Waals surface area contributed by atoms with Crippen LogP contribution < -0.4 is 10.3 Å². The molecule has 0 aliphatic carbocycles. The van der Waals surface area contributed by atoms with Crippen molar-refractivity contribution in [1.29, 1.82) is 0 Å². The number of nitrogens with zero attached hydrogens (tertiary/aromatic N) is 1. The van der Waals surface area contributed by atoms with E-state index in [2.05, 4.69) is 5.10 Å². The van der Waals surface area contributed by atoms with Crippen molar-refractivity contribution in [2.45, 2.75) is 12.8 Å². The molecule has 0 saturated heterocycles. The van der Waals surface area contributed by atoms with E-state index >= 15 is 0 Å². The first-order valence-corrected chi connectivity index (χ1v) is 6.11. The molecule has 0 aromatic heterocycles. The first-order valence-electron chi connectivity index (χ1n) is 6.11. The minimum atomic E-state index is 0.725. The van der Waals surface area contributed by atoms with Crippen molar-refractivity contribution in [3.8, 4) is 11.5 Å². The standard InChI is InChI=1S/C15H16N2O2/c18-17-16-12-6-8-13-7-4-5-11-15(13)19-14-9-2-1-3-10-14/h1-5,7,9-12,17-18H,6,8H2. The molecule has 0 aliphatic heterocycles. The van der Waals surface area contributed by atoms with E-state index in [0.29, 0.717) is 0 Å². The van der Waals surface area contributed by atoms with Crippen LogP contribution in [0.4, 0.5) is 0 Å². The van der Waals surface area contributed by atoms with Gasteiger partial charge in [0.15, 0.2) is 0 Å². The van der Waals surface area contributed by atoms with Gasteiger partial charge >= 0.3 is 0 Å². The predicted octanol–water partition coefficient (Wildman–Crippen LogP) is 3.38. The second-order valence-electron chi connectivity index (χ2n) is 3.97. The zero-order valence-electron chi connectivity index (χ0n) is 10.5. The van der Waals surface area contributed by atoms with E-state index in [1.165, 1.54) is 0 Å². The first kappa shape index (κ1) is 13.1. The Morgan fingerprint density at radius 2 is 1.79 bits per heavy atom. The van der Waals surface area contributed by atoms with Crippen molar-refractivity contribution in [2.75, 3.05) is 0 Å². The molecule has 0 unspecified atom stereocenters. The van der Waals surface area contributed by atoms with Crippen LogP contribution in [-0.4, -0.2) is 11.4 Å². The minimum absolute atomic E-state index is 0.725. The summed E-state index contributed by atoms with van der Waals surface area (Å²) in [5, 5.41) is 11.9. The molecule has 2 aromatic carbocycles. The quantitative estimate of drug-likeness (QED) is 0.615. The third-order valence-corrected chi connectivity index (χ3v) is 2.64. The zero-order valence-corrected chi connectivity index (χ0v) is 10.5. The molecular formula is C15H16N2O2. The predicted molar refractivity (Wildman–Crippen MR) is 74.7 cm³/mol. The second-order valence-corrected chi connectivity index (χ2v) is 3.97. The molecule has 0 heterocycles. The van der Waals surface area contributed by atoms with E-state index < -0.39 is 0 Å². The van der Waals surface area contributed by atoms with Crippen molar-refractivity contribution in [2.24, 2.45) is 5.10 Å². The summed E-state index contributed by atoms with van der Waals surface area (Å²) in [6, 6.07) is 17.6. The van der Waals surface area contributed by atoms with Crippen LogP contribution in [0, 0.1) is 0 Å². The molecule has 4 nitrogen and oxygen atoms in total. The Hall–Kier alpha value is -2.33. The fraction of sp³-hybridized carbons (Fsp3) is 0.133. The lowest BCUT2D eigenvalue weighted by Crippen LogP contribution is -1.97. The molecule has 0 amide bonds. The smallest absolute Gasteiger partial charge is 0.130 e. The van der Waals surface area contributed by atoms with Crippen molar-refractivity contribution in [1.82, 2.24) is 5.59 Å². The molecule has 4 heteroatoms. The van der Waals surface area contributed by atoms with Crippen LogP contribution in [0.3, 0.4) is 0 Å². The number of hydrazone groups is 1. The van der Waals surface area contributed by atoms with Crippen LogP contribution >= 0.6 is 0 Å². The van der Waals surface area contributed by atoms with Crippen molar-refractivity contribution < 1.29 is 9.94 Å². The minimum Gasteiger partial charge on any atom is -0.457 e. The normalized spacial score (nSPS) is 10.6. The fourth-order valence-corrected chi connectivity index (χ4v) is 1.75. The Balaban J connectivity index is 2.06. The Morgan fingerprint density at radius 1 is 1.05 bits per heavy atom. The Kier molecular flexibility index (Phi) is 4.96. The van der Waals surface area contributed by atoms with Crippen LogP contribution in [0.1, 0.15) is 12.0 Å². The molecule has 19 heavy (non-hydrogen) atoms. The molecule has 0 bridgehead atoms. The Bertz CT molecular complexity index is 527. The SMILES string of the molecule is ONN=CCCc1ccccc1Oc1ccccc1. The summed E-state index contributed by atoms with van der Waals surface area (Å²) in [5.74, 6) is 1.67. The molecule has 98 valence electrons. The van der Waals surface area contributed by atoms with Crippen LogP contribution in [0.5, 0.6) is 11.5 Å². The molecule has 0 saturated carbocycles. The number of hydrogen-bond acceptors (Lipinski definition) is 4. The molecule has 0 aliphatic rings. The number of nitrogens with one attached hydrogen (secondary N) is 1. The highest BCUT2D eigenvalue weighted by Gasteiger charge is 2.03. The summed E-state index contributed by atoms with van der Waals surface area (Å²) < 4.78 is 5.86. The number of benzene rings is 2. The third-order valence-electron chi connectivity index (χ3n) is 2.64. The third kappa shape index (κ3) is 4.12. The van der Waals surface area contributed by atoms with E-state index in [0.717, 1.165) is 29.9 Å². The molecular weight excluding hydrogens is 240 g/mol. The lowest BCUT2D eigenvalue weighted by molar-refractivity contribution is 0.172. The van der Waals surface area contributed by atoms with Crippen molar-refractivity contribution in [3.05, 3.63) is 60.2 Å². The number of hydrogen-bond donors (Lipinski definition) is 2. The van der Waals surface area contributed by atoms with Gasteiger partial charge in [-0.25, -0.2) is 0 Å². The maximum absolute atomic E-state index is 8.34. The topological polar surface area (TPSA) is 53.8 Å². The average Bonchev–Trinajstić information content (AvgIpc) is 2.46. The molecule has 0 spiro atoms. The zero-order chi connectivity index (χ0) is 13.3. The monoisotopic (exact) mass is 256 g/mol. The van der Waals surface area contributed by atoms with Gasteiger partial charge in [0.1, 0.15) is 11.5 Å². The Morgan fingerprint density at radius 3 is 2.58 bits per heavy atom. The summed E-state index contributed by atoms with van der Waals surface area (Å²) in [6.07, 6.45) is 3.15. The number of ether oxygens (including phenoxy) is 1. The lowest BCUT2D eigenvalue weighted by atomic mass is 10.1. The van der Waals surface area contributed by atoms with Gasteiger partial charge in [-0.2, -0.15) is 10.7 Å². The lowest BCUT2D eigenvalue weighted by Gasteiger charge is -2.10. The highest BCUT2D eigenvalue weighted by atomic mass is 16.5. The van der Waals surface area contributed by atoms with Crippen LogP contribution in [0.2, 0.25) is 0 Å². The molecule has 2 rings (SSSR count). The summed E-state index contributed by atoms with van der Waals surface area (Å²) >= 11 is 0. The largest absolute Gasteiger partial charge is 0.457 e. The van der Waals surface area contributed by atoms with Gasteiger partial charge in [0.25, 0.3) is 0 Å². The van der Waals surface area contributed by atoms with Crippen LogP contribution in [-0.2, 0) is 6.42 Å². The average molecular weight is 256 g/mol. The molecule has 2 N–H and O–H groups in total. The summed E-state index contributed by atoms with van der Waals surface area (Å²) in [7, 11) is 0. The summed E-state index contributed by atoms with van der Waals surface area (Å²) in [5.41, 5.74) is 2.85. The number of rotatable bonds is 6. The van der Waals surface area contributed by atoms with Gasteiger partial charge < -0.3 is 4.74 Å². The van der Waals surface area contributed by atoms with E-state index in [-0.39, 0.29) is 0 Å². The van der Waals surface area contributed by atoms with Gasteiger partial charge in [-0.3, -0.25) is 5.21 Å². The molecule has 0 atom stereocenters. The van der Waals surface area contributed by atoms with Gasteiger partial charge in [-0.05, 0) is 36.6 Å². The van der Waals surface area contributed by atoms with E-state index in [4.69, 9.17) is 9.94 Å². The summed E-state index contributed by atoms with van der Waals surface area (Å²) in [6.45, 7) is 0. The molecule has 0 fully saturated rings. The van der Waals surface area contributed by atoms with E-state index in [1.54, 1.807) is 11.8 Å². The van der Waals surface area contributed by atoms with Gasteiger partial charge in [-0.1, -0.05) is 36.4 Å². The fourth-order valence-electron chi connectivity index (χ4n) is 1.75. The maximum Gasteiger partial charge on any atom is 0.130 e. The van der Waals surface area contributed by atoms with Crippen molar-refractivity contribution >= 4 is 6.21 Å². The first-order chi connectivity index (χ1) is 9.40. The summed E-state index contributed by atoms with van der Waals surface area (Å²) in [4.78, 5) is 0. The molecule has 0 radical (unpaired) electrons. The van der Waals surface area contributed by atoms with Gasteiger partial charge in [0.05, 0.1) is 0 Å². The van der Waals surface area contributed by atoms with Crippen LogP contribution in [0.25, 0.3) is 0 Å². The van der Waals surface area contributed by atoms with Crippen LogP contribution in [0.15, 0.2) is 59.7 Å². The van der Waals surface area contributed by atoms with Crippen molar-refractivity contribution in [3.63, 3.8) is 0 Å². The van der Waals surface area contributed by atoms with Gasteiger partial charge in [0.2, 0.25) is 0 Å².